The minimum Gasteiger partial charge on any atom is -0.366 e. The molecule has 0 aliphatic carbocycles. The van der Waals surface area contributed by atoms with Gasteiger partial charge in [0.25, 0.3) is 5.91 Å². The fourth-order valence-corrected chi connectivity index (χ4v) is 4.05. The molecule has 0 radical (unpaired) electrons. The Morgan fingerprint density at radius 3 is 2.13 bits per heavy atom. The molecule has 31 heavy (non-hydrogen) atoms. The van der Waals surface area contributed by atoms with E-state index in [-0.39, 0.29) is 10.7 Å². The molecule has 4 rings (SSSR count). The van der Waals surface area contributed by atoms with Crippen LogP contribution in [-0.4, -0.2) is 20.6 Å². The second-order valence-electron chi connectivity index (χ2n) is 7.22. The van der Waals surface area contributed by atoms with E-state index in [4.69, 9.17) is 5.73 Å². The van der Waals surface area contributed by atoms with Crippen LogP contribution in [0, 0.1) is 5.82 Å². The van der Waals surface area contributed by atoms with Crippen LogP contribution in [0.5, 0.6) is 0 Å². The number of nitrogens with one attached hydrogen (secondary N) is 1. The third-order valence-corrected chi connectivity index (χ3v) is 6.14. The molecule has 0 saturated heterocycles. The van der Waals surface area contributed by atoms with Gasteiger partial charge in [-0.05, 0) is 65.0 Å². The predicted octanol–water partition coefficient (Wildman–Crippen LogP) is 4.89. The van der Waals surface area contributed by atoms with Crippen molar-refractivity contribution in [1.29, 1.82) is 0 Å². The van der Waals surface area contributed by atoms with Crippen LogP contribution in [0.3, 0.4) is 0 Å². The van der Waals surface area contributed by atoms with E-state index in [1.54, 1.807) is 48.5 Å². The number of carbonyl (C=O) groups is 1. The smallest absolute Gasteiger partial charge is 0.250 e. The standard InChI is InChI=1S/C24H19FN2O3S/c1-31(29,30)20-10-2-15(3-11-20)16-4-12-21-17(14-16)5-13-22(24(26)28)23(21)27-19-8-6-18(25)7-9-19/h2-14,27H,1H3,(H2,26,28). The van der Waals surface area contributed by atoms with Gasteiger partial charge in [-0.25, -0.2) is 12.8 Å². The van der Waals surface area contributed by atoms with Gasteiger partial charge in [0.05, 0.1) is 16.1 Å². The Hall–Kier alpha value is -3.71. The van der Waals surface area contributed by atoms with E-state index in [0.29, 0.717) is 16.9 Å². The van der Waals surface area contributed by atoms with Gasteiger partial charge in [0, 0.05) is 17.3 Å². The summed E-state index contributed by atoms with van der Waals surface area (Å²) in [5.74, 6) is -0.933. The summed E-state index contributed by atoms with van der Waals surface area (Å²) in [7, 11) is -3.26. The minimum absolute atomic E-state index is 0.258. The lowest BCUT2D eigenvalue weighted by molar-refractivity contribution is 0.100. The number of nitrogens with two attached hydrogens (primary N) is 1. The molecule has 0 atom stereocenters. The van der Waals surface area contributed by atoms with Crippen LogP contribution in [0.15, 0.2) is 83.8 Å². The zero-order chi connectivity index (χ0) is 22.2. The fourth-order valence-electron chi connectivity index (χ4n) is 3.42. The number of hydrogen-bond donors (Lipinski definition) is 2. The van der Waals surface area contributed by atoms with Crippen LogP contribution in [0.1, 0.15) is 10.4 Å². The molecular formula is C24H19FN2O3S. The zero-order valence-electron chi connectivity index (χ0n) is 16.6. The maximum atomic E-state index is 13.2. The maximum absolute atomic E-state index is 13.2. The summed E-state index contributed by atoms with van der Waals surface area (Å²) in [6.45, 7) is 0. The highest BCUT2D eigenvalue weighted by Crippen LogP contribution is 2.33. The number of fused-ring (bicyclic) bond motifs is 1. The number of amides is 1. The molecule has 0 spiro atoms. The lowest BCUT2D eigenvalue weighted by Gasteiger charge is -2.15. The van der Waals surface area contributed by atoms with Crippen molar-refractivity contribution in [1.82, 2.24) is 0 Å². The second kappa shape index (κ2) is 7.85. The molecule has 156 valence electrons. The summed E-state index contributed by atoms with van der Waals surface area (Å²) in [4.78, 5) is 12.2. The maximum Gasteiger partial charge on any atom is 0.250 e. The van der Waals surface area contributed by atoms with Gasteiger partial charge >= 0.3 is 0 Å². The zero-order valence-corrected chi connectivity index (χ0v) is 17.4. The first-order chi connectivity index (χ1) is 14.7. The van der Waals surface area contributed by atoms with Crippen molar-refractivity contribution in [3.05, 3.63) is 90.2 Å². The summed E-state index contributed by atoms with van der Waals surface area (Å²) in [6, 6.07) is 21.6. The molecule has 4 aromatic carbocycles. The van der Waals surface area contributed by atoms with Gasteiger partial charge in [-0.15, -0.1) is 0 Å². The molecule has 1 amide bonds. The number of halogens is 1. The average Bonchev–Trinajstić information content (AvgIpc) is 2.74. The molecule has 0 saturated carbocycles. The number of primary amides is 1. The normalized spacial score (nSPS) is 11.4. The summed E-state index contributed by atoms with van der Waals surface area (Å²) >= 11 is 0. The molecule has 0 fully saturated rings. The van der Waals surface area contributed by atoms with Crippen molar-refractivity contribution in [2.24, 2.45) is 5.73 Å². The van der Waals surface area contributed by atoms with Crippen molar-refractivity contribution < 1.29 is 17.6 Å². The van der Waals surface area contributed by atoms with Crippen molar-refractivity contribution in [2.45, 2.75) is 4.90 Å². The van der Waals surface area contributed by atoms with E-state index < -0.39 is 15.7 Å². The number of benzene rings is 4. The van der Waals surface area contributed by atoms with Crippen LogP contribution >= 0.6 is 0 Å². The summed E-state index contributed by atoms with van der Waals surface area (Å²) in [6.07, 6.45) is 1.17. The average molecular weight is 434 g/mol. The highest BCUT2D eigenvalue weighted by molar-refractivity contribution is 7.90. The Labute approximate surface area is 179 Å². The van der Waals surface area contributed by atoms with E-state index in [0.717, 1.165) is 21.9 Å². The Kier molecular flexibility index (Phi) is 5.20. The van der Waals surface area contributed by atoms with E-state index in [1.807, 2.05) is 18.2 Å². The predicted molar refractivity (Wildman–Crippen MR) is 121 cm³/mol. The van der Waals surface area contributed by atoms with Crippen LogP contribution in [0.2, 0.25) is 0 Å². The number of anilines is 2. The Morgan fingerprint density at radius 2 is 1.52 bits per heavy atom. The van der Waals surface area contributed by atoms with Gasteiger partial charge in [0.1, 0.15) is 5.82 Å². The van der Waals surface area contributed by atoms with Gasteiger partial charge in [-0.1, -0.05) is 30.3 Å². The number of rotatable bonds is 5. The van der Waals surface area contributed by atoms with Crippen molar-refractivity contribution >= 4 is 37.9 Å². The highest BCUT2D eigenvalue weighted by atomic mass is 32.2. The van der Waals surface area contributed by atoms with E-state index in [1.165, 1.54) is 18.4 Å². The second-order valence-corrected chi connectivity index (χ2v) is 9.23. The Balaban J connectivity index is 1.79. The Bertz CT molecular complexity index is 1400. The molecule has 5 nitrogen and oxygen atoms in total. The molecule has 0 bridgehead atoms. The number of sulfone groups is 1. The molecule has 0 aliphatic rings. The monoisotopic (exact) mass is 434 g/mol. The summed E-state index contributed by atoms with van der Waals surface area (Å²) < 4.78 is 36.6. The molecule has 4 aromatic rings. The van der Waals surface area contributed by atoms with Crippen LogP contribution in [0.25, 0.3) is 21.9 Å². The SMILES string of the molecule is CS(=O)(=O)c1ccc(-c2ccc3c(Nc4ccc(F)cc4)c(C(N)=O)ccc3c2)cc1. The third kappa shape index (κ3) is 4.27. The molecule has 0 aromatic heterocycles. The summed E-state index contributed by atoms with van der Waals surface area (Å²) in [5, 5.41) is 4.81. The molecule has 3 N–H and O–H groups in total. The van der Waals surface area contributed by atoms with Gasteiger partial charge < -0.3 is 11.1 Å². The topological polar surface area (TPSA) is 89.3 Å². The van der Waals surface area contributed by atoms with Crippen LogP contribution in [-0.2, 0) is 9.84 Å². The molecular weight excluding hydrogens is 415 g/mol. The van der Waals surface area contributed by atoms with Crippen molar-refractivity contribution in [3.63, 3.8) is 0 Å². The van der Waals surface area contributed by atoms with Crippen molar-refractivity contribution in [3.8, 4) is 11.1 Å². The number of carbonyl (C=O) groups excluding carboxylic acids is 1. The first kappa shape index (κ1) is 20.6. The van der Waals surface area contributed by atoms with Gasteiger partial charge in [0.15, 0.2) is 9.84 Å². The lowest BCUT2D eigenvalue weighted by atomic mass is 9.98. The van der Waals surface area contributed by atoms with E-state index >= 15 is 0 Å². The third-order valence-electron chi connectivity index (χ3n) is 5.01. The first-order valence-corrected chi connectivity index (χ1v) is 11.3. The van der Waals surface area contributed by atoms with Gasteiger partial charge in [0.2, 0.25) is 0 Å². The first-order valence-electron chi connectivity index (χ1n) is 9.42. The lowest BCUT2D eigenvalue weighted by Crippen LogP contribution is -2.13. The minimum atomic E-state index is -3.26. The Morgan fingerprint density at radius 1 is 0.871 bits per heavy atom. The highest BCUT2D eigenvalue weighted by Gasteiger charge is 2.14. The molecule has 0 aliphatic heterocycles. The van der Waals surface area contributed by atoms with E-state index in [2.05, 4.69) is 5.32 Å². The van der Waals surface area contributed by atoms with Gasteiger partial charge in [-0.2, -0.15) is 0 Å². The number of hydrogen-bond acceptors (Lipinski definition) is 4. The van der Waals surface area contributed by atoms with Crippen LogP contribution in [0.4, 0.5) is 15.8 Å². The molecule has 0 unspecified atom stereocenters. The quantitative estimate of drug-likeness (QED) is 0.468. The fraction of sp³-hybridized carbons (Fsp3) is 0.0417. The van der Waals surface area contributed by atoms with Crippen molar-refractivity contribution in [2.75, 3.05) is 11.6 Å². The molecule has 7 heteroatoms. The largest absolute Gasteiger partial charge is 0.366 e. The molecule has 0 heterocycles. The summed E-state index contributed by atoms with van der Waals surface area (Å²) in [5.41, 5.74) is 8.80. The van der Waals surface area contributed by atoms with Crippen LogP contribution < -0.4 is 11.1 Å². The van der Waals surface area contributed by atoms with E-state index in [9.17, 15) is 17.6 Å². The van der Waals surface area contributed by atoms with Gasteiger partial charge in [-0.3, -0.25) is 4.79 Å².